The van der Waals surface area contributed by atoms with Crippen molar-refractivity contribution in [2.75, 3.05) is 33.9 Å². The van der Waals surface area contributed by atoms with Gasteiger partial charge < -0.3 is 20.1 Å². The Hall–Kier alpha value is -1.91. The molecule has 5 heteroatoms. The Morgan fingerprint density at radius 1 is 1.32 bits per heavy atom. The third-order valence-corrected chi connectivity index (χ3v) is 3.07. The highest BCUT2D eigenvalue weighted by atomic mass is 16.5. The Kier molecular flexibility index (Phi) is 4.89. The highest BCUT2D eigenvalue weighted by molar-refractivity contribution is 5.80. The minimum atomic E-state index is 0.815. The van der Waals surface area contributed by atoms with Crippen molar-refractivity contribution < 1.29 is 9.47 Å². The lowest BCUT2D eigenvalue weighted by molar-refractivity contribution is 0.398. The van der Waals surface area contributed by atoms with Crippen molar-refractivity contribution in [2.24, 2.45) is 4.99 Å². The lowest BCUT2D eigenvalue weighted by atomic mass is 10.1. The first-order valence-corrected chi connectivity index (χ1v) is 6.56. The van der Waals surface area contributed by atoms with Gasteiger partial charge in [-0.05, 0) is 36.6 Å². The zero-order valence-electron chi connectivity index (χ0n) is 11.5. The molecule has 1 aliphatic rings. The molecule has 2 N–H and O–H groups in total. The summed E-state index contributed by atoms with van der Waals surface area (Å²) in [6.07, 6.45) is 1.97. The third-order valence-electron chi connectivity index (χ3n) is 3.07. The average molecular weight is 263 g/mol. The first-order valence-electron chi connectivity index (χ1n) is 6.56. The molecular weight excluding hydrogens is 242 g/mol. The van der Waals surface area contributed by atoms with Crippen LogP contribution in [-0.4, -0.2) is 39.8 Å². The van der Waals surface area contributed by atoms with Crippen LogP contribution < -0.4 is 20.1 Å². The van der Waals surface area contributed by atoms with Crippen LogP contribution in [-0.2, 0) is 6.42 Å². The molecule has 0 atom stereocenters. The molecule has 0 saturated heterocycles. The normalized spacial score (nSPS) is 14.3. The monoisotopic (exact) mass is 263 g/mol. The Morgan fingerprint density at radius 2 is 2.21 bits per heavy atom. The molecule has 2 rings (SSSR count). The maximum absolute atomic E-state index is 5.36. The maximum Gasteiger partial charge on any atom is 0.191 e. The summed E-state index contributed by atoms with van der Waals surface area (Å²) in [5, 5.41) is 6.54. The van der Waals surface area contributed by atoms with Gasteiger partial charge in [0.05, 0.1) is 14.2 Å². The Bertz CT molecular complexity index is 446. The number of hydrogen-bond donors (Lipinski definition) is 2. The number of methoxy groups -OCH3 is 2. The second-order valence-corrected chi connectivity index (χ2v) is 4.37. The van der Waals surface area contributed by atoms with E-state index in [0.717, 1.165) is 55.5 Å². The van der Waals surface area contributed by atoms with Crippen LogP contribution in [0.1, 0.15) is 12.0 Å². The number of hydrogen-bond acceptors (Lipinski definition) is 5. The molecular formula is C14H21N3O2. The number of benzene rings is 1. The summed E-state index contributed by atoms with van der Waals surface area (Å²) >= 11 is 0. The quantitative estimate of drug-likeness (QED) is 0.838. The van der Waals surface area contributed by atoms with Crippen LogP contribution in [0.4, 0.5) is 0 Å². The van der Waals surface area contributed by atoms with Crippen molar-refractivity contribution in [3.8, 4) is 11.5 Å². The predicted molar refractivity (Wildman–Crippen MR) is 76.2 cm³/mol. The topological polar surface area (TPSA) is 54.9 Å². The molecule has 0 saturated carbocycles. The Balaban J connectivity index is 1.92. The molecule has 0 fully saturated rings. The van der Waals surface area contributed by atoms with Crippen LogP contribution in [0.15, 0.2) is 23.2 Å². The van der Waals surface area contributed by atoms with Gasteiger partial charge in [-0.2, -0.15) is 0 Å². The molecule has 0 bridgehead atoms. The molecule has 0 amide bonds. The SMILES string of the molecule is COc1ccc(OC)c(CCNC2=NCCCN2)c1. The molecule has 0 aliphatic carbocycles. The summed E-state index contributed by atoms with van der Waals surface area (Å²) in [5.41, 5.74) is 1.13. The van der Waals surface area contributed by atoms with Gasteiger partial charge in [-0.3, -0.25) is 4.99 Å². The summed E-state index contributed by atoms with van der Waals surface area (Å²) < 4.78 is 10.6. The van der Waals surface area contributed by atoms with E-state index in [1.54, 1.807) is 14.2 Å². The molecule has 1 aromatic rings. The summed E-state index contributed by atoms with van der Waals surface area (Å²) in [5.74, 6) is 2.64. The van der Waals surface area contributed by atoms with Crippen molar-refractivity contribution in [1.29, 1.82) is 0 Å². The number of aliphatic imine (C=N–C) groups is 1. The van der Waals surface area contributed by atoms with Crippen molar-refractivity contribution in [3.63, 3.8) is 0 Å². The van der Waals surface area contributed by atoms with E-state index in [-0.39, 0.29) is 0 Å². The van der Waals surface area contributed by atoms with Crippen LogP contribution >= 0.6 is 0 Å². The summed E-state index contributed by atoms with van der Waals surface area (Å²) in [6, 6.07) is 5.85. The fraction of sp³-hybridized carbons (Fsp3) is 0.500. The van der Waals surface area contributed by atoms with E-state index in [2.05, 4.69) is 15.6 Å². The fourth-order valence-electron chi connectivity index (χ4n) is 2.04. The smallest absolute Gasteiger partial charge is 0.191 e. The highest BCUT2D eigenvalue weighted by Crippen LogP contribution is 2.24. The number of ether oxygens (including phenoxy) is 2. The van der Waals surface area contributed by atoms with E-state index in [1.165, 1.54) is 0 Å². The van der Waals surface area contributed by atoms with E-state index >= 15 is 0 Å². The van der Waals surface area contributed by atoms with Gasteiger partial charge in [0, 0.05) is 19.6 Å². The molecule has 19 heavy (non-hydrogen) atoms. The van der Waals surface area contributed by atoms with Crippen LogP contribution in [0.25, 0.3) is 0 Å². The van der Waals surface area contributed by atoms with Gasteiger partial charge in [0.2, 0.25) is 0 Å². The highest BCUT2D eigenvalue weighted by Gasteiger charge is 2.06. The van der Waals surface area contributed by atoms with Gasteiger partial charge in [0.15, 0.2) is 5.96 Å². The molecule has 0 aromatic heterocycles. The van der Waals surface area contributed by atoms with Gasteiger partial charge in [0.25, 0.3) is 0 Å². The van der Waals surface area contributed by atoms with Crippen LogP contribution in [0.2, 0.25) is 0 Å². The van der Waals surface area contributed by atoms with E-state index in [4.69, 9.17) is 9.47 Å². The van der Waals surface area contributed by atoms with Gasteiger partial charge in [-0.1, -0.05) is 0 Å². The molecule has 1 aliphatic heterocycles. The molecule has 0 spiro atoms. The lowest BCUT2D eigenvalue weighted by Crippen LogP contribution is -2.41. The first kappa shape index (κ1) is 13.5. The van der Waals surface area contributed by atoms with Crippen molar-refractivity contribution in [3.05, 3.63) is 23.8 Å². The standard InChI is InChI=1S/C14H21N3O2/c1-18-12-4-5-13(19-2)11(10-12)6-9-17-14-15-7-3-8-16-14/h4-5,10H,3,6-9H2,1-2H3,(H2,15,16,17). The van der Waals surface area contributed by atoms with Crippen molar-refractivity contribution in [2.45, 2.75) is 12.8 Å². The fourth-order valence-corrected chi connectivity index (χ4v) is 2.04. The Morgan fingerprint density at radius 3 is 2.89 bits per heavy atom. The number of nitrogens with zero attached hydrogens (tertiary/aromatic N) is 1. The molecule has 0 radical (unpaired) electrons. The minimum absolute atomic E-state index is 0.815. The van der Waals surface area contributed by atoms with Crippen LogP contribution in [0, 0.1) is 0 Å². The minimum Gasteiger partial charge on any atom is -0.497 e. The number of guanidine groups is 1. The van der Waals surface area contributed by atoms with Crippen molar-refractivity contribution >= 4 is 5.96 Å². The van der Waals surface area contributed by atoms with Gasteiger partial charge in [-0.25, -0.2) is 0 Å². The van der Waals surface area contributed by atoms with E-state index in [0.29, 0.717) is 0 Å². The van der Waals surface area contributed by atoms with E-state index in [9.17, 15) is 0 Å². The maximum atomic E-state index is 5.36. The van der Waals surface area contributed by atoms with Gasteiger partial charge in [0.1, 0.15) is 11.5 Å². The van der Waals surface area contributed by atoms with Gasteiger partial charge in [-0.15, -0.1) is 0 Å². The predicted octanol–water partition coefficient (Wildman–Crippen LogP) is 1.19. The zero-order valence-corrected chi connectivity index (χ0v) is 11.5. The first-order chi connectivity index (χ1) is 9.33. The van der Waals surface area contributed by atoms with E-state index < -0.39 is 0 Å². The summed E-state index contributed by atoms with van der Waals surface area (Å²) in [4.78, 5) is 4.38. The number of nitrogens with one attached hydrogen (secondary N) is 2. The Labute approximate surface area is 114 Å². The zero-order chi connectivity index (χ0) is 13.5. The van der Waals surface area contributed by atoms with Crippen LogP contribution in [0.3, 0.4) is 0 Å². The summed E-state index contributed by atoms with van der Waals surface area (Å²) in [7, 11) is 3.36. The van der Waals surface area contributed by atoms with Gasteiger partial charge >= 0.3 is 0 Å². The molecule has 0 unspecified atom stereocenters. The average Bonchev–Trinajstić information content (AvgIpc) is 2.48. The lowest BCUT2D eigenvalue weighted by Gasteiger charge is -2.16. The molecule has 1 aromatic carbocycles. The number of rotatable bonds is 5. The van der Waals surface area contributed by atoms with E-state index in [1.807, 2.05) is 18.2 Å². The third kappa shape index (κ3) is 3.77. The summed E-state index contributed by atoms with van der Waals surface area (Å²) in [6.45, 7) is 2.71. The van der Waals surface area contributed by atoms with Crippen LogP contribution in [0.5, 0.6) is 11.5 Å². The largest absolute Gasteiger partial charge is 0.497 e. The van der Waals surface area contributed by atoms with Crippen molar-refractivity contribution in [1.82, 2.24) is 10.6 Å². The second kappa shape index (κ2) is 6.87. The second-order valence-electron chi connectivity index (χ2n) is 4.37. The molecule has 5 nitrogen and oxygen atoms in total. The molecule has 1 heterocycles. The molecule has 104 valence electrons.